The van der Waals surface area contributed by atoms with Crippen LogP contribution in [0.25, 0.3) is 0 Å². The van der Waals surface area contributed by atoms with Gasteiger partial charge in [0.05, 0.1) is 20.5 Å². The monoisotopic (exact) mass is 495 g/mol. The minimum absolute atomic E-state index is 0.0479. The normalized spacial score (nSPS) is 18.5. The van der Waals surface area contributed by atoms with E-state index in [2.05, 4.69) is 15.5 Å². The second kappa shape index (κ2) is 10.1. The lowest BCUT2D eigenvalue weighted by Gasteiger charge is -2.43. The van der Waals surface area contributed by atoms with E-state index in [4.69, 9.17) is 11.6 Å². The van der Waals surface area contributed by atoms with Crippen LogP contribution in [-0.2, 0) is 0 Å². The van der Waals surface area contributed by atoms with Gasteiger partial charge >= 0.3 is 0 Å². The van der Waals surface area contributed by atoms with Gasteiger partial charge in [0.1, 0.15) is 5.82 Å². The van der Waals surface area contributed by atoms with E-state index in [1.165, 1.54) is 36.3 Å². The molecule has 0 spiro atoms. The van der Waals surface area contributed by atoms with Crippen LogP contribution in [0.3, 0.4) is 0 Å². The van der Waals surface area contributed by atoms with Crippen LogP contribution in [-0.4, -0.2) is 53.4 Å². The molecule has 0 atom stereocenters. The minimum atomic E-state index is -0.499. The summed E-state index contributed by atoms with van der Waals surface area (Å²) >= 11 is 9.23. The van der Waals surface area contributed by atoms with Gasteiger partial charge in [0, 0.05) is 36.7 Å². The first-order valence-electron chi connectivity index (χ1n) is 10.9. The molecule has 1 aliphatic carbocycles. The average molecular weight is 496 g/mol. The van der Waals surface area contributed by atoms with Crippen molar-refractivity contribution >= 4 is 51.5 Å². The van der Waals surface area contributed by atoms with E-state index in [1.54, 1.807) is 6.07 Å². The van der Waals surface area contributed by atoms with E-state index in [-0.39, 0.29) is 22.0 Å². The molecule has 2 amide bonds. The van der Waals surface area contributed by atoms with Gasteiger partial charge in [-0.25, -0.2) is 4.39 Å². The molecule has 2 fully saturated rings. The van der Waals surface area contributed by atoms with E-state index in [0.29, 0.717) is 16.4 Å². The number of carbonyl (C=O) groups is 2. The molecule has 0 bridgehead atoms. The summed E-state index contributed by atoms with van der Waals surface area (Å²) < 4.78 is 13.3. The number of thiophene rings is 1. The Kier molecular flexibility index (Phi) is 7.44. The Bertz CT molecular complexity index is 1000. The maximum absolute atomic E-state index is 13.3. The Morgan fingerprint density at radius 2 is 1.88 bits per heavy atom. The first-order chi connectivity index (χ1) is 15.4. The van der Waals surface area contributed by atoms with E-state index in [1.807, 2.05) is 18.7 Å². The Morgan fingerprint density at radius 3 is 2.56 bits per heavy atom. The number of amides is 2. The molecule has 0 radical (unpaired) electrons. The van der Waals surface area contributed by atoms with Gasteiger partial charge in [0.2, 0.25) is 0 Å². The molecule has 32 heavy (non-hydrogen) atoms. The first kappa shape index (κ1) is 23.5. The molecule has 0 unspecified atom stereocenters. The summed E-state index contributed by atoms with van der Waals surface area (Å²) in [6, 6.07) is 5.43. The fraction of sp³-hybridized carbons (Fsp3) is 0.478. The highest BCUT2D eigenvalue weighted by atomic mass is 35.5. The molecule has 4 rings (SSSR count). The fourth-order valence-corrected chi connectivity index (χ4v) is 6.76. The number of hydrogen-bond donors (Lipinski definition) is 2. The van der Waals surface area contributed by atoms with E-state index in [9.17, 15) is 14.0 Å². The van der Waals surface area contributed by atoms with Gasteiger partial charge in [0.25, 0.3) is 11.8 Å². The largest absolute Gasteiger partial charge is 0.349 e. The summed E-state index contributed by atoms with van der Waals surface area (Å²) in [7, 11) is 0. The number of nitrogens with one attached hydrogen (secondary N) is 2. The Labute approximate surface area is 201 Å². The molecule has 1 aromatic carbocycles. The van der Waals surface area contributed by atoms with Gasteiger partial charge in [-0.2, -0.15) is 11.8 Å². The molecular formula is C23H27ClFN3O2S2. The number of carbonyl (C=O) groups excluding carboxylic acids is 2. The summed E-state index contributed by atoms with van der Waals surface area (Å²) in [6.07, 6.45) is 4.67. The van der Waals surface area contributed by atoms with Crippen LogP contribution in [0.1, 0.15) is 51.3 Å². The predicted molar refractivity (Wildman–Crippen MR) is 131 cm³/mol. The molecule has 5 nitrogen and oxygen atoms in total. The maximum atomic E-state index is 13.3. The van der Waals surface area contributed by atoms with Crippen LogP contribution < -0.4 is 10.6 Å². The van der Waals surface area contributed by atoms with Gasteiger partial charge in [-0.3, -0.25) is 14.5 Å². The average Bonchev–Trinajstić information content (AvgIpc) is 3.40. The number of nitrogens with zero attached hydrogens (tertiary/aromatic N) is 1. The van der Waals surface area contributed by atoms with Crippen molar-refractivity contribution in [2.24, 2.45) is 0 Å². The zero-order valence-corrected chi connectivity index (χ0v) is 20.4. The Morgan fingerprint density at radius 1 is 1.16 bits per heavy atom. The van der Waals surface area contributed by atoms with Crippen LogP contribution in [0, 0.1) is 12.7 Å². The van der Waals surface area contributed by atoms with Crippen LogP contribution in [0.5, 0.6) is 0 Å². The van der Waals surface area contributed by atoms with Crippen molar-refractivity contribution in [3.8, 4) is 0 Å². The lowest BCUT2D eigenvalue weighted by atomic mass is 9.94. The third kappa shape index (κ3) is 5.14. The van der Waals surface area contributed by atoms with Crippen molar-refractivity contribution in [1.29, 1.82) is 0 Å². The SMILES string of the molecule is Cc1cc(NC(=O)c2ccc(F)cc2Cl)sc1C(=O)NCC1(N2CCSCC2)CCCC1. The Balaban J connectivity index is 1.41. The molecule has 1 aromatic heterocycles. The standard InChI is InChI=1S/C23H27ClFN3O2S2/c1-15-12-19(27-21(29)17-5-4-16(25)13-18(17)24)32-20(15)22(30)26-14-23(6-2-3-7-23)28-8-10-31-11-9-28/h4-5,12-13H,2-3,6-11,14H2,1H3,(H,26,30)(H,27,29). The summed E-state index contributed by atoms with van der Waals surface area (Å²) in [5, 5.41) is 6.56. The van der Waals surface area contributed by atoms with Crippen molar-refractivity contribution in [2.75, 3.05) is 36.5 Å². The minimum Gasteiger partial charge on any atom is -0.349 e. The topological polar surface area (TPSA) is 61.4 Å². The van der Waals surface area contributed by atoms with Gasteiger partial charge in [-0.05, 0) is 49.6 Å². The molecule has 2 heterocycles. The highest BCUT2D eigenvalue weighted by Gasteiger charge is 2.40. The third-order valence-corrected chi connectivity index (χ3v) is 8.74. The highest BCUT2D eigenvalue weighted by Crippen LogP contribution is 2.36. The summed E-state index contributed by atoms with van der Waals surface area (Å²) in [5.74, 6) is 1.27. The molecule has 172 valence electrons. The highest BCUT2D eigenvalue weighted by molar-refractivity contribution is 7.99. The zero-order chi connectivity index (χ0) is 22.7. The van der Waals surface area contributed by atoms with Gasteiger partial charge in [-0.15, -0.1) is 11.3 Å². The molecular weight excluding hydrogens is 469 g/mol. The summed E-state index contributed by atoms with van der Waals surface area (Å²) in [4.78, 5) is 28.7. The number of aryl methyl sites for hydroxylation is 1. The molecule has 1 saturated carbocycles. The fourth-order valence-electron chi connectivity index (χ4n) is 4.62. The van der Waals surface area contributed by atoms with E-state index in [0.717, 1.165) is 49.1 Å². The van der Waals surface area contributed by atoms with Crippen LogP contribution in [0.4, 0.5) is 9.39 Å². The van der Waals surface area contributed by atoms with Crippen LogP contribution in [0.15, 0.2) is 24.3 Å². The van der Waals surface area contributed by atoms with Crippen molar-refractivity contribution in [3.63, 3.8) is 0 Å². The van der Waals surface area contributed by atoms with Gasteiger partial charge in [-0.1, -0.05) is 24.4 Å². The molecule has 1 saturated heterocycles. The number of benzene rings is 1. The number of rotatable bonds is 6. The van der Waals surface area contributed by atoms with Gasteiger partial charge in [0.15, 0.2) is 0 Å². The smallest absolute Gasteiger partial charge is 0.261 e. The Hall–Kier alpha value is -1.61. The molecule has 1 aliphatic heterocycles. The molecule has 2 N–H and O–H groups in total. The molecule has 2 aromatic rings. The van der Waals surface area contributed by atoms with Crippen LogP contribution >= 0.6 is 34.7 Å². The number of anilines is 1. The third-order valence-electron chi connectivity index (χ3n) is 6.33. The summed E-state index contributed by atoms with van der Waals surface area (Å²) in [5.41, 5.74) is 1.06. The zero-order valence-electron chi connectivity index (χ0n) is 18.0. The predicted octanol–water partition coefficient (Wildman–Crippen LogP) is 5.19. The molecule has 2 aliphatic rings. The lowest BCUT2D eigenvalue weighted by Crippen LogP contribution is -2.56. The summed E-state index contributed by atoms with van der Waals surface area (Å²) in [6.45, 7) is 4.68. The quantitative estimate of drug-likeness (QED) is 0.578. The second-order valence-corrected chi connectivity index (χ2v) is 11.1. The van der Waals surface area contributed by atoms with E-state index >= 15 is 0 Å². The number of thioether (sulfide) groups is 1. The van der Waals surface area contributed by atoms with Crippen molar-refractivity contribution in [3.05, 3.63) is 51.1 Å². The van der Waals surface area contributed by atoms with Crippen molar-refractivity contribution in [2.45, 2.75) is 38.1 Å². The molecule has 9 heteroatoms. The van der Waals surface area contributed by atoms with E-state index < -0.39 is 11.7 Å². The van der Waals surface area contributed by atoms with Crippen LogP contribution in [0.2, 0.25) is 5.02 Å². The number of hydrogen-bond acceptors (Lipinski definition) is 5. The lowest BCUT2D eigenvalue weighted by molar-refractivity contribution is 0.0820. The number of halogens is 2. The maximum Gasteiger partial charge on any atom is 0.261 e. The van der Waals surface area contributed by atoms with Gasteiger partial charge < -0.3 is 10.6 Å². The second-order valence-electron chi connectivity index (χ2n) is 8.41. The van der Waals surface area contributed by atoms with Crippen molar-refractivity contribution < 1.29 is 14.0 Å². The van der Waals surface area contributed by atoms with Crippen molar-refractivity contribution in [1.82, 2.24) is 10.2 Å². The first-order valence-corrected chi connectivity index (χ1v) is 13.2.